The number of nitrogen functional groups attached to an aromatic ring is 1. The predicted molar refractivity (Wildman–Crippen MR) is 97.8 cm³/mol. The highest BCUT2D eigenvalue weighted by atomic mass is 79.9. The highest BCUT2D eigenvalue weighted by molar-refractivity contribution is 9.10. The second kappa shape index (κ2) is 6.93. The van der Waals surface area contributed by atoms with Gasteiger partial charge in [0.05, 0.1) is 11.3 Å². The van der Waals surface area contributed by atoms with Gasteiger partial charge in [0.1, 0.15) is 6.07 Å². The second-order valence-electron chi connectivity index (χ2n) is 5.68. The average Bonchev–Trinajstić information content (AvgIpc) is 2.61. The van der Waals surface area contributed by atoms with Crippen molar-refractivity contribution in [2.45, 2.75) is 0 Å². The smallest absolute Gasteiger partial charge is 0.254 e. The molecule has 2 N–H and O–H groups in total. The lowest BCUT2D eigenvalue weighted by molar-refractivity contribution is 0.0746. The lowest BCUT2D eigenvalue weighted by atomic mass is 10.1. The number of nitrogens with zero attached hydrogens (tertiary/aromatic N) is 3. The highest BCUT2D eigenvalue weighted by Crippen LogP contribution is 2.24. The molecular weight excluding hydrogens is 368 g/mol. The molecule has 0 atom stereocenters. The van der Waals surface area contributed by atoms with Crippen LogP contribution in [0.5, 0.6) is 0 Å². The Morgan fingerprint density at radius 3 is 2.54 bits per heavy atom. The van der Waals surface area contributed by atoms with Crippen LogP contribution in [0.25, 0.3) is 0 Å². The van der Waals surface area contributed by atoms with Gasteiger partial charge >= 0.3 is 0 Å². The maximum atomic E-state index is 12.6. The van der Waals surface area contributed by atoms with E-state index in [2.05, 4.69) is 26.9 Å². The number of benzene rings is 2. The van der Waals surface area contributed by atoms with Crippen LogP contribution in [0.15, 0.2) is 46.9 Å². The van der Waals surface area contributed by atoms with Gasteiger partial charge in [-0.05, 0) is 36.4 Å². The fourth-order valence-electron chi connectivity index (χ4n) is 2.87. The molecule has 5 nitrogen and oxygen atoms in total. The Kier molecular flexibility index (Phi) is 4.72. The van der Waals surface area contributed by atoms with E-state index in [1.54, 1.807) is 12.1 Å². The summed E-state index contributed by atoms with van der Waals surface area (Å²) in [5.74, 6) is 0.0359. The maximum Gasteiger partial charge on any atom is 0.254 e. The standard InChI is InChI=1S/C18H17BrN4O/c19-15-3-1-2-13(10-15)18(24)23-8-6-22(7-9-23)17-5-4-16(21)11-14(17)12-20/h1-5,10-11H,6-9,21H2. The minimum Gasteiger partial charge on any atom is -0.399 e. The number of carbonyl (C=O) groups excluding carboxylic acids is 1. The molecule has 6 heteroatoms. The average molecular weight is 385 g/mol. The van der Waals surface area contributed by atoms with Crippen LogP contribution in [0.4, 0.5) is 11.4 Å². The van der Waals surface area contributed by atoms with Crippen molar-refractivity contribution < 1.29 is 4.79 Å². The van der Waals surface area contributed by atoms with E-state index >= 15 is 0 Å². The van der Waals surface area contributed by atoms with Crippen LogP contribution in [0, 0.1) is 11.3 Å². The second-order valence-corrected chi connectivity index (χ2v) is 6.59. The Bertz CT molecular complexity index is 807. The highest BCUT2D eigenvalue weighted by Gasteiger charge is 2.23. The first-order valence-corrected chi connectivity index (χ1v) is 8.47. The van der Waals surface area contributed by atoms with Gasteiger partial charge in [-0.2, -0.15) is 5.26 Å². The molecule has 2 aromatic rings. The first kappa shape index (κ1) is 16.3. The molecule has 3 rings (SSSR count). The van der Waals surface area contributed by atoms with Gasteiger partial charge in [0.2, 0.25) is 0 Å². The zero-order chi connectivity index (χ0) is 17.1. The van der Waals surface area contributed by atoms with Crippen LogP contribution >= 0.6 is 15.9 Å². The molecule has 24 heavy (non-hydrogen) atoms. The predicted octanol–water partition coefficient (Wildman–Crippen LogP) is 2.87. The molecule has 0 aromatic heterocycles. The first-order valence-electron chi connectivity index (χ1n) is 7.68. The number of piperazine rings is 1. The third-order valence-electron chi connectivity index (χ3n) is 4.12. The molecule has 1 aliphatic heterocycles. The fraction of sp³-hybridized carbons (Fsp3) is 0.222. The third-order valence-corrected chi connectivity index (χ3v) is 4.61. The van der Waals surface area contributed by atoms with Crippen molar-refractivity contribution in [3.05, 3.63) is 58.1 Å². The van der Waals surface area contributed by atoms with Crippen molar-refractivity contribution in [1.82, 2.24) is 4.90 Å². The van der Waals surface area contributed by atoms with E-state index in [1.165, 1.54) is 0 Å². The molecule has 2 aromatic carbocycles. The SMILES string of the molecule is N#Cc1cc(N)ccc1N1CCN(C(=O)c2cccc(Br)c2)CC1. The summed E-state index contributed by atoms with van der Waals surface area (Å²) in [6, 6.07) is 15.0. The summed E-state index contributed by atoms with van der Waals surface area (Å²) in [5.41, 5.74) is 8.46. The van der Waals surface area contributed by atoms with Gasteiger partial charge in [-0.1, -0.05) is 22.0 Å². The van der Waals surface area contributed by atoms with Crippen LogP contribution in [-0.4, -0.2) is 37.0 Å². The zero-order valence-electron chi connectivity index (χ0n) is 13.1. The van der Waals surface area contributed by atoms with Crippen molar-refractivity contribution in [1.29, 1.82) is 5.26 Å². The molecular formula is C18H17BrN4O. The Hall–Kier alpha value is -2.52. The Morgan fingerprint density at radius 2 is 1.88 bits per heavy atom. The van der Waals surface area contributed by atoms with Crippen LogP contribution in [0.3, 0.4) is 0 Å². The number of amides is 1. The third kappa shape index (κ3) is 3.36. The van der Waals surface area contributed by atoms with Gasteiger partial charge in [-0.3, -0.25) is 4.79 Å². The van der Waals surface area contributed by atoms with E-state index in [0.29, 0.717) is 43.0 Å². The molecule has 0 spiro atoms. The van der Waals surface area contributed by atoms with Crippen LogP contribution in [-0.2, 0) is 0 Å². The zero-order valence-corrected chi connectivity index (χ0v) is 14.7. The van der Waals surface area contributed by atoms with Gasteiger partial charge in [0.15, 0.2) is 0 Å². The molecule has 1 amide bonds. The number of nitrogens with two attached hydrogens (primary N) is 1. The molecule has 0 unspecified atom stereocenters. The lowest BCUT2D eigenvalue weighted by Crippen LogP contribution is -2.49. The molecule has 0 bridgehead atoms. The van der Waals surface area contributed by atoms with E-state index < -0.39 is 0 Å². The fourth-order valence-corrected chi connectivity index (χ4v) is 3.27. The summed E-state index contributed by atoms with van der Waals surface area (Å²) in [7, 11) is 0. The van der Waals surface area contributed by atoms with Crippen molar-refractivity contribution in [3.8, 4) is 6.07 Å². The minimum atomic E-state index is 0.0359. The van der Waals surface area contributed by atoms with Gasteiger partial charge < -0.3 is 15.5 Å². The molecule has 0 radical (unpaired) electrons. The number of halogens is 1. The van der Waals surface area contributed by atoms with Crippen LogP contribution in [0.1, 0.15) is 15.9 Å². The number of hydrogen-bond acceptors (Lipinski definition) is 4. The Morgan fingerprint density at radius 1 is 1.12 bits per heavy atom. The molecule has 0 aliphatic carbocycles. The van der Waals surface area contributed by atoms with Gasteiger partial charge in [0.25, 0.3) is 5.91 Å². The first-order chi connectivity index (χ1) is 11.6. The summed E-state index contributed by atoms with van der Waals surface area (Å²) < 4.78 is 0.896. The number of nitriles is 1. The van der Waals surface area contributed by atoms with E-state index in [1.807, 2.05) is 35.2 Å². The molecule has 0 saturated carbocycles. The topological polar surface area (TPSA) is 73.4 Å². The molecule has 1 aliphatic rings. The number of carbonyl (C=O) groups is 1. The summed E-state index contributed by atoms with van der Waals surface area (Å²) in [6.07, 6.45) is 0. The summed E-state index contributed by atoms with van der Waals surface area (Å²) in [5, 5.41) is 9.29. The minimum absolute atomic E-state index is 0.0359. The van der Waals surface area contributed by atoms with Crippen molar-refractivity contribution in [2.24, 2.45) is 0 Å². The van der Waals surface area contributed by atoms with Crippen molar-refractivity contribution in [2.75, 3.05) is 36.8 Å². The lowest BCUT2D eigenvalue weighted by Gasteiger charge is -2.36. The molecule has 122 valence electrons. The Labute approximate surface area is 149 Å². The largest absolute Gasteiger partial charge is 0.399 e. The van der Waals surface area contributed by atoms with Gasteiger partial charge in [-0.15, -0.1) is 0 Å². The van der Waals surface area contributed by atoms with Gasteiger partial charge in [-0.25, -0.2) is 0 Å². The molecule has 1 fully saturated rings. The van der Waals surface area contributed by atoms with Crippen molar-refractivity contribution in [3.63, 3.8) is 0 Å². The summed E-state index contributed by atoms with van der Waals surface area (Å²) >= 11 is 3.40. The summed E-state index contributed by atoms with van der Waals surface area (Å²) in [6.45, 7) is 2.64. The number of rotatable bonds is 2. The monoisotopic (exact) mass is 384 g/mol. The van der Waals surface area contributed by atoms with E-state index in [0.717, 1.165) is 10.2 Å². The van der Waals surface area contributed by atoms with Crippen LogP contribution in [0.2, 0.25) is 0 Å². The normalized spacial score (nSPS) is 14.3. The number of hydrogen-bond donors (Lipinski definition) is 1. The van der Waals surface area contributed by atoms with E-state index in [9.17, 15) is 10.1 Å². The maximum absolute atomic E-state index is 12.6. The van der Waals surface area contributed by atoms with E-state index in [4.69, 9.17) is 5.73 Å². The van der Waals surface area contributed by atoms with Gasteiger partial charge in [0, 0.05) is 41.9 Å². The quantitative estimate of drug-likeness (QED) is 0.807. The molecule has 1 saturated heterocycles. The Balaban J connectivity index is 1.70. The number of anilines is 2. The molecule has 1 heterocycles. The van der Waals surface area contributed by atoms with Crippen molar-refractivity contribution >= 4 is 33.2 Å². The van der Waals surface area contributed by atoms with E-state index in [-0.39, 0.29) is 5.91 Å². The van der Waals surface area contributed by atoms with Crippen LogP contribution < -0.4 is 10.6 Å². The summed E-state index contributed by atoms with van der Waals surface area (Å²) in [4.78, 5) is 16.6.